The van der Waals surface area contributed by atoms with Crippen LogP contribution in [0.4, 0.5) is 4.39 Å². The summed E-state index contributed by atoms with van der Waals surface area (Å²) >= 11 is 0. The van der Waals surface area contributed by atoms with Crippen molar-refractivity contribution in [1.82, 2.24) is 0 Å². The molecule has 3 rings (SSSR count). The van der Waals surface area contributed by atoms with Crippen molar-refractivity contribution in [3.8, 4) is 0 Å². The minimum absolute atomic E-state index is 0.325. The lowest BCUT2D eigenvalue weighted by molar-refractivity contribution is 0.316. The molecule has 3 aromatic rings. The number of benzene rings is 3. The van der Waals surface area contributed by atoms with Gasteiger partial charge in [0, 0.05) is 5.41 Å². The van der Waals surface area contributed by atoms with Crippen molar-refractivity contribution in [2.24, 2.45) is 5.92 Å². The van der Waals surface area contributed by atoms with Gasteiger partial charge in [-0.25, -0.2) is 0 Å². The second-order valence-corrected chi connectivity index (χ2v) is 8.31. The van der Waals surface area contributed by atoms with Gasteiger partial charge >= 0.3 is 0 Å². The van der Waals surface area contributed by atoms with Crippen molar-refractivity contribution < 1.29 is 4.39 Å². The van der Waals surface area contributed by atoms with E-state index in [0.29, 0.717) is 18.3 Å². The van der Waals surface area contributed by atoms with Gasteiger partial charge < -0.3 is 0 Å². The Morgan fingerprint density at radius 2 is 1.24 bits per heavy atom. The second-order valence-electron chi connectivity index (χ2n) is 8.31. The van der Waals surface area contributed by atoms with E-state index in [4.69, 9.17) is 0 Å². The molecule has 0 N–H and O–H groups in total. The zero-order valence-corrected chi connectivity index (χ0v) is 17.7. The van der Waals surface area contributed by atoms with Gasteiger partial charge in [-0.1, -0.05) is 111 Å². The Morgan fingerprint density at radius 1 is 0.759 bits per heavy atom. The van der Waals surface area contributed by atoms with E-state index < -0.39 is 0 Å². The summed E-state index contributed by atoms with van der Waals surface area (Å²) in [6.07, 6.45) is 3.70. The van der Waals surface area contributed by atoms with Crippen molar-refractivity contribution >= 4 is 0 Å². The maximum absolute atomic E-state index is 14.0. The highest BCUT2D eigenvalue weighted by atomic mass is 19.1. The molecule has 3 aromatic carbocycles. The molecule has 0 spiro atoms. The quantitative estimate of drug-likeness (QED) is 0.330. The molecule has 0 fully saturated rings. The maximum Gasteiger partial charge on any atom is 0.0906 e. The molecule has 0 aliphatic rings. The molecule has 0 radical (unpaired) electrons. The third-order valence-electron chi connectivity index (χ3n) is 6.42. The molecule has 0 aliphatic heterocycles. The third kappa shape index (κ3) is 5.15. The summed E-state index contributed by atoms with van der Waals surface area (Å²) in [4.78, 5) is 0. The number of hydrogen-bond donors (Lipinski definition) is 0. The molecule has 2 atom stereocenters. The van der Waals surface area contributed by atoms with Crippen LogP contribution in [0.5, 0.6) is 0 Å². The van der Waals surface area contributed by atoms with Crippen LogP contribution < -0.4 is 0 Å². The molecule has 0 bridgehead atoms. The van der Waals surface area contributed by atoms with Gasteiger partial charge in [-0.05, 0) is 47.8 Å². The van der Waals surface area contributed by atoms with Gasteiger partial charge in [0.25, 0.3) is 0 Å². The van der Waals surface area contributed by atoms with Crippen molar-refractivity contribution in [2.75, 3.05) is 6.67 Å². The zero-order valence-electron chi connectivity index (χ0n) is 17.7. The molecule has 29 heavy (non-hydrogen) atoms. The summed E-state index contributed by atoms with van der Waals surface area (Å²) in [6, 6.07) is 31.9. The summed E-state index contributed by atoms with van der Waals surface area (Å²) in [5.41, 5.74) is 3.47. The molecule has 0 heterocycles. The van der Waals surface area contributed by atoms with Gasteiger partial charge in [0.2, 0.25) is 0 Å². The van der Waals surface area contributed by atoms with Gasteiger partial charge in [0.1, 0.15) is 0 Å². The Bertz CT molecular complexity index is 786. The molecule has 2 unspecified atom stereocenters. The van der Waals surface area contributed by atoms with Crippen LogP contribution in [-0.2, 0) is 5.41 Å². The number of halogens is 1. The summed E-state index contributed by atoms with van der Waals surface area (Å²) < 4.78 is 14.0. The fraction of sp³-hybridized carbons (Fsp3) is 0.357. The van der Waals surface area contributed by atoms with Crippen molar-refractivity contribution in [2.45, 2.75) is 50.9 Å². The smallest absolute Gasteiger partial charge is 0.0906 e. The van der Waals surface area contributed by atoms with Gasteiger partial charge in [-0.3, -0.25) is 4.39 Å². The lowest BCUT2D eigenvalue weighted by Gasteiger charge is -2.38. The van der Waals surface area contributed by atoms with Crippen LogP contribution in [0, 0.1) is 5.92 Å². The lowest BCUT2D eigenvalue weighted by atomic mass is 9.65. The van der Waals surface area contributed by atoms with Crippen LogP contribution in [-0.4, -0.2) is 6.67 Å². The number of rotatable bonds is 10. The monoisotopic (exact) mass is 388 g/mol. The van der Waals surface area contributed by atoms with E-state index in [1.165, 1.54) is 16.7 Å². The van der Waals surface area contributed by atoms with Crippen molar-refractivity contribution in [3.05, 3.63) is 108 Å². The van der Waals surface area contributed by atoms with Crippen LogP contribution in [0.25, 0.3) is 0 Å². The molecule has 152 valence electrons. The highest BCUT2D eigenvalue weighted by Crippen LogP contribution is 2.45. The third-order valence-corrected chi connectivity index (χ3v) is 6.42. The SMILES string of the molecule is CCC(C)CC(CC(CCF)(c1ccccc1)c1ccccc1)c1ccccc1. The van der Waals surface area contributed by atoms with E-state index in [1.807, 2.05) is 12.1 Å². The molecule has 0 amide bonds. The average Bonchev–Trinajstić information content (AvgIpc) is 2.79. The topological polar surface area (TPSA) is 0 Å². The largest absolute Gasteiger partial charge is 0.251 e. The van der Waals surface area contributed by atoms with E-state index in [9.17, 15) is 4.39 Å². The van der Waals surface area contributed by atoms with Gasteiger partial charge in [-0.2, -0.15) is 0 Å². The summed E-state index contributed by atoms with van der Waals surface area (Å²) in [5.74, 6) is 1.02. The Balaban J connectivity index is 2.11. The Labute approximate surface area is 175 Å². The highest BCUT2D eigenvalue weighted by Gasteiger charge is 2.37. The predicted octanol–water partition coefficient (Wildman–Crippen LogP) is 7.94. The average molecular weight is 389 g/mol. The van der Waals surface area contributed by atoms with E-state index >= 15 is 0 Å². The zero-order chi connectivity index (χ0) is 20.5. The first-order valence-electron chi connectivity index (χ1n) is 10.9. The van der Waals surface area contributed by atoms with Crippen LogP contribution in [0.3, 0.4) is 0 Å². The summed E-state index contributed by atoms with van der Waals surface area (Å²) in [6.45, 7) is 4.27. The van der Waals surface area contributed by atoms with Crippen LogP contribution in [0.1, 0.15) is 62.1 Å². The molecule has 0 aromatic heterocycles. The summed E-state index contributed by atoms with van der Waals surface area (Å²) in [7, 11) is 0. The van der Waals surface area contributed by atoms with E-state index in [0.717, 1.165) is 19.3 Å². The van der Waals surface area contributed by atoms with Crippen LogP contribution in [0.15, 0.2) is 91.0 Å². The van der Waals surface area contributed by atoms with Crippen LogP contribution in [0.2, 0.25) is 0 Å². The van der Waals surface area contributed by atoms with Crippen molar-refractivity contribution in [1.29, 1.82) is 0 Å². The molecule has 0 saturated heterocycles. The molecule has 0 aliphatic carbocycles. The molecule has 0 nitrogen and oxygen atoms in total. The van der Waals surface area contributed by atoms with Gasteiger partial charge in [-0.15, -0.1) is 0 Å². The lowest BCUT2D eigenvalue weighted by Crippen LogP contribution is -2.31. The maximum atomic E-state index is 14.0. The van der Waals surface area contributed by atoms with Gasteiger partial charge in [0.15, 0.2) is 0 Å². The summed E-state index contributed by atoms with van der Waals surface area (Å²) in [5, 5.41) is 0. The fourth-order valence-electron chi connectivity index (χ4n) is 4.60. The predicted molar refractivity (Wildman–Crippen MR) is 122 cm³/mol. The highest BCUT2D eigenvalue weighted by molar-refractivity contribution is 5.40. The molecule has 1 heteroatoms. The molecular formula is C28H33F. The first-order valence-corrected chi connectivity index (χ1v) is 10.9. The van der Waals surface area contributed by atoms with Gasteiger partial charge in [0.05, 0.1) is 6.67 Å². The van der Waals surface area contributed by atoms with E-state index in [-0.39, 0.29) is 12.1 Å². The Morgan fingerprint density at radius 3 is 1.69 bits per heavy atom. The van der Waals surface area contributed by atoms with E-state index in [2.05, 4.69) is 92.7 Å². The molecule has 0 saturated carbocycles. The Hall–Kier alpha value is -2.41. The molecular weight excluding hydrogens is 355 g/mol. The Kier molecular flexibility index (Phi) is 7.63. The first kappa shape index (κ1) is 21.3. The number of alkyl halides is 1. The normalized spacial score (nSPS) is 13.8. The fourth-order valence-corrected chi connectivity index (χ4v) is 4.60. The first-order chi connectivity index (χ1) is 14.2. The van der Waals surface area contributed by atoms with Crippen LogP contribution >= 0.6 is 0 Å². The standard InChI is InChI=1S/C28H33F/c1-3-23(2)21-25(24-13-7-4-8-14-24)22-28(19-20-29,26-15-9-5-10-16-26)27-17-11-6-12-18-27/h4-18,23,25H,3,19-22H2,1-2H3. The second kappa shape index (κ2) is 10.4. The number of hydrogen-bond acceptors (Lipinski definition) is 0. The minimum Gasteiger partial charge on any atom is -0.251 e. The van der Waals surface area contributed by atoms with Crippen molar-refractivity contribution in [3.63, 3.8) is 0 Å². The minimum atomic E-state index is -0.328. The van der Waals surface area contributed by atoms with E-state index in [1.54, 1.807) is 0 Å².